The van der Waals surface area contributed by atoms with Crippen LogP contribution in [0.4, 0.5) is 5.69 Å². The van der Waals surface area contributed by atoms with Crippen molar-refractivity contribution in [2.45, 2.75) is 13.8 Å². The molecule has 0 spiro atoms. The van der Waals surface area contributed by atoms with Crippen LogP contribution in [0.2, 0.25) is 0 Å². The second-order valence-electron chi connectivity index (χ2n) is 7.22. The van der Waals surface area contributed by atoms with Gasteiger partial charge in [-0.25, -0.2) is 0 Å². The third-order valence-corrected chi connectivity index (χ3v) is 4.80. The SMILES string of the molecule is Cc1ccc(C(=O)Nc2ccc(C(=O)NCCNC(=O)c3ccccc3C)cc2)cc1. The van der Waals surface area contributed by atoms with Gasteiger partial charge >= 0.3 is 0 Å². The van der Waals surface area contributed by atoms with Gasteiger partial charge in [-0.2, -0.15) is 0 Å². The van der Waals surface area contributed by atoms with E-state index in [4.69, 9.17) is 0 Å². The molecular formula is C25H25N3O3. The number of hydrogen-bond acceptors (Lipinski definition) is 3. The van der Waals surface area contributed by atoms with Crippen molar-refractivity contribution in [3.8, 4) is 0 Å². The van der Waals surface area contributed by atoms with Gasteiger partial charge in [0.2, 0.25) is 0 Å². The van der Waals surface area contributed by atoms with Crippen LogP contribution in [0, 0.1) is 13.8 Å². The molecule has 3 aromatic rings. The molecule has 0 saturated heterocycles. The second kappa shape index (κ2) is 10.2. The second-order valence-corrected chi connectivity index (χ2v) is 7.22. The van der Waals surface area contributed by atoms with Crippen LogP contribution in [0.3, 0.4) is 0 Å². The Morgan fingerprint density at radius 3 is 1.84 bits per heavy atom. The Bertz CT molecular complexity index is 1070. The first kappa shape index (κ1) is 21.8. The van der Waals surface area contributed by atoms with Gasteiger partial charge in [0, 0.05) is 35.5 Å². The average molecular weight is 415 g/mol. The number of rotatable bonds is 7. The summed E-state index contributed by atoms with van der Waals surface area (Å²) in [5, 5.41) is 8.38. The van der Waals surface area contributed by atoms with Crippen LogP contribution in [0.15, 0.2) is 72.8 Å². The van der Waals surface area contributed by atoms with E-state index in [1.165, 1.54) is 0 Å². The van der Waals surface area contributed by atoms with E-state index in [0.29, 0.717) is 35.5 Å². The van der Waals surface area contributed by atoms with Crippen molar-refractivity contribution in [1.29, 1.82) is 0 Å². The highest BCUT2D eigenvalue weighted by Gasteiger charge is 2.10. The van der Waals surface area contributed by atoms with Crippen molar-refractivity contribution >= 4 is 23.4 Å². The van der Waals surface area contributed by atoms with Crippen molar-refractivity contribution in [2.75, 3.05) is 18.4 Å². The fourth-order valence-corrected chi connectivity index (χ4v) is 2.99. The lowest BCUT2D eigenvalue weighted by Gasteiger charge is -2.09. The number of carbonyl (C=O) groups is 3. The summed E-state index contributed by atoms with van der Waals surface area (Å²) in [7, 11) is 0. The number of anilines is 1. The maximum absolute atomic E-state index is 12.3. The first-order chi connectivity index (χ1) is 14.9. The Hall–Kier alpha value is -3.93. The number of hydrogen-bond donors (Lipinski definition) is 3. The van der Waals surface area contributed by atoms with Gasteiger partial charge in [-0.1, -0.05) is 35.9 Å². The molecule has 0 heterocycles. The quantitative estimate of drug-likeness (QED) is 0.514. The van der Waals surface area contributed by atoms with Crippen LogP contribution in [0.5, 0.6) is 0 Å². The van der Waals surface area contributed by atoms with E-state index in [2.05, 4.69) is 16.0 Å². The summed E-state index contributed by atoms with van der Waals surface area (Å²) in [6, 6.07) is 21.3. The molecule has 0 atom stereocenters. The van der Waals surface area contributed by atoms with Crippen molar-refractivity contribution in [3.05, 3.63) is 101 Å². The predicted octanol–water partition coefficient (Wildman–Crippen LogP) is 3.72. The number of benzene rings is 3. The summed E-state index contributed by atoms with van der Waals surface area (Å²) in [5.74, 6) is -0.621. The van der Waals surface area contributed by atoms with Gasteiger partial charge < -0.3 is 16.0 Å². The van der Waals surface area contributed by atoms with Crippen LogP contribution in [0.25, 0.3) is 0 Å². The molecule has 0 fully saturated rings. The van der Waals surface area contributed by atoms with E-state index in [1.807, 2.05) is 44.2 Å². The molecule has 0 aliphatic rings. The summed E-state index contributed by atoms with van der Waals surface area (Å²) < 4.78 is 0. The van der Waals surface area contributed by atoms with E-state index in [1.54, 1.807) is 42.5 Å². The summed E-state index contributed by atoms with van der Waals surface area (Å²) >= 11 is 0. The summed E-state index contributed by atoms with van der Waals surface area (Å²) in [6.45, 7) is 4.47. The normalized spacial score (nSPS) is 10.3. The van der Waals surface area contributed by atoms with Gasteiger partial charge in [-0.05, 0) is 61.9 Å². The molecule has 31 heavy (non-hydrogen) atoms. The van der Waals surface area contributed by atoms with Crippen LogP contribution in [0.1, 0.15) is 42.2 Å². The Morgan fingerprint density at radius 2 is 1.19 bits per heavy atom. The predicted molar refractivity (Wildman–Crippen MR) is 121 cm³/mol. The molecule has 0 bridgehead atoms. The van der Waals surface area contributed by atoms with E-state index < -0.39 is 0 Å². The fraction of sp³-hybridized carbons (Fsp3) is 0.160. The Balaban J connectivity index is 1.45. The molecule has 3 amide bonds. The van der Waals surface area contributed by atoms with Crippen LogP contribution in [-0.4, -0.2) is 30.8 Å². The van der Waals surface area contributed by atoms with Gasteiger partial charge in [-0.3, -0.25) is 14.4 Å². The largest absolute Gasteiger partial charge is 0.350 e. The highest BCUT2D eigenvalue weighted by molar-refractivity contribution is 6.04. The number of amides is 3. The van der Waals surface area contributed by atoms with Gasteiger partial charge in [0.05, 0.1) is 0 Å². The average Bonchev–Trinajstić information content (AvgIpc) is 2.77. The minimum Gasteiger partial charge on any atom is -0.350 e. The topological polar surface area (TPSA) is 87.3 Å². The highest BCUT2D eigenvalue weighted by atomic mass is 16.2. The third kappa shape index (κ3) is 6.02. The summed E-state index contributed by atoms with van der Waals surface area (Å²) in [4.78, 5) is 36.7. The highest BCUT2D eigenvalue weighted by Crippen LogP contribution is 2.12. The Morgan fingerprint density at radius 1 is 0.645 bits per heavy atom. The van der Waals surface area contributed by atoms with Crippen molar-refractivity contribution in [1.82, 2.24) is 10.6 Å². The van der Waals surface area contributed by atoms with Crippen molar-refractivity contribution in [2.24, 2.45) is 0 Å². The monoisotopic (exact) mass is 415 g/mol. The molecule has 3 N–H and O–H groups in total. The molecule has 158 valence electrons. The number of aryl methyl sites for hydroxylation is 2. The zero-order valence-electron chi connectivity index (χ0n) is 17.6. The smallest absolute Gasteiger partial charge is 0.255 e. The molecule has 6 nitrogen and oxygen atoms in total. The molecule has 0 radical (unpaired) electrons. The first-order valence-electron chi connectivity index (χ1n) is 10.0. The van der Waals surface area contributed by atoms with Crippen molar-refractivity contribution < 1.29 is 14.4 Å². The fourth-order valence-electron chi connectivity index (χ4n) is 2.99. The van der Waals surface area contributed by atoms with Gasteiger partial charge in [0.15, 0.2) is 0 Å². The van der Waals surface area contributed by atoms with Crippen LogP contribution in [-0.2, 0) is 0 Å². The lowest BCUT2D eigenvalue weighted by molar-refractivity contribution is 0.0927. The first-order valence-corrected chi connectivity index (χ1v) is 10.0. The van der Waals surface area contributed by atoms with Crippen molar-refractivity contribution in [3.63, 3.8) is 0 Å². The Kier molecular flexibility index (Phi) is 7.17. The maximum atomic E-state index is 12.3. The van der Waals surface area contributed by atoms with E-state index in [9.17, 15) is 14.4 Å². The minimum absolute atomic E-state index is 0.166. The van der Waals surface area contributed by atoms with E-state index >= 15 is 0 Å². The van der Waals surface area contributed by atoms with Crippen LogP contribution < -0.4 is 16.0 Å². The zero-order chi connectivity index (χ0) is 22.2. The molecule has 0 aliphatic heterocycles. The summed E-state index contributed by atoms with van der Waals surface area (Å²) in [5.41, 5.74) is 4.25. The van der Waals surface area contributed by atoms with Gasteiger partial charge in [0.25, 0.3) is 17.7 Å². The van der Waals surface area contributed by atoms with Gasteiger partial charge in [0.1, 0.15) is 0 Å². The van der Waals surface area contributed by atoms with Gasteiger partial charge in [-0.15, -0.1) is 0 Å². The lowest BCUT2D eigenvalue weighted by atomic mass is 10.1. The molecule has 6 heteroatoms. The minimum atomic E-state index is -0.249. The molecule has 0 saturated carbocycles. The van der Waals surface area contributed by atoms with E-state index in [0.717, 1.165) is 11.1 Å². The molecular weight excluding hydrogens is 390 g/mol. The maximum Gasteiger partial charge on any atom is 0.255 e. The molecule has 3 aromatic carbocycles. The molecule has 3 rings (SSSR count). The molecule has 0 aromatic heterocycles. The summed E-state index contributed by atoms with van der Waals surface area (Å²) in [6.07, 6.45) is 0. The Labute approximate surface area is 181 Å². The van der Waals surface area contributed by atoms with Crippen LogP contribution >= 0.6 is 0 Å². The number of carbonyl (C=O) groups excluding carboxylic acids is 3. The lowest BCUT2D eigenvalue weighted by Crippen LogP contribution is -2.34. The standard InChI is InChI=1S/C25H25N3O3/c1-17-7-9-20(10-8-17)24(30)28-21-13-11-19(12-14-21)23(29)26-15-16-27-25(31)22-6-4-3-5-18(22)2/h3-14H,15-16H2,1-2H3,(H,26,29)(H,27,31)(H,28,30). The zero-order valence-corrected chi connectivity index (χ0v) is 17.6. The van der Waals surface area contributed by atoms with E-state index in [-0.39, 0.29) is 17.7 Å². The number of nitrogens with one attached hydrogen (secondary N) is 3. The third-order valence-electron chi connectivity index (χ3n) is 4.80. The molecule has 0 aliphatic carbocycles. The molecule has 0 unspecified atom stereocenters.